The molecule has 0 aliphatic carbocycles. The predicted molar refractivity (Wildman–Crippen MR) is 105 cm³/mol. The normalized spacial score (nSPS) is 12.9. The van der Waals surface area contributed by atoms with Crippen molar-refractivity contribution >= 4 is 29.1 Å². The Morgan fingerprint density at radius 2 is 1.97 bits per heavy atom. The Labute approximate surface area is 165 Å². The van der Waals surface area contributed by atoms with E-state index >= 15 is 0 Å². The second-order valence-corrected chi connectivity index (χ2v) is 6.26. The van der Waals surface area contributed by atoms with Gasteiger partial charge in [0, 0.05) is 5.56 Å². The van der Waals surface area contributed by atoms with Crippen molar-refractivity contribution in [2.45, 2.75) is 0 Å². The molecule has 0 unspecified atom stereocenters. The average molecular weight is 392 g/mol. The minimum absolute atomic E-state index is 0.00330. The first-order chi connectivity index (χ1) is 14.0. The van der Waals surface area contributed by atoms with Crippen LogP contribution < -0.4 is 15.0 Å². The lowest BCUT2D eigenvalue weighted by Gasteiger charge is -2.31. The maximum Gasteiger partial charge on any atom is 0.356 e. The number of hydrogen-bond donors (Lipinski definition) is 3. The molecule has 2 heterocycles. The SMILES string of the molecule is COc1ccccc1N1CC(=O)Nc2c(C(=O)O)nc(-c3cccc(O)c3)nc21. The quantitative estimate of drug-likeness (QED) is 0.619. The number of aromatic hydroxyl groups is 1. The molecule has 0 radical (unpaired) electrons. The number of rotatable bonds is 4. The summed E-state index contributed by atoms with van der Waals surface area (Å²) in [5.41, 5.74) is 0.653. The van der Waals surface area contributed by atoms with Crippen LogP contribution in [0.4, 0.5) is 17.2 Å². The zero-order chi connectivity index (χ0) is 20.5. The number of para-hydroxylation sites is 2. The number of carboxylic acids is 1. The molecule has 9 heteroatoms. The van der Waals surface area contributed by atoms with Gasteiger partial charge >= 0.3 is 5.97 Å². The number of nitrogens with zero attached hydrogens (tertiary/aromatic N) is 3. The van der Waals surface area contributed by atoms with Crippen molar-refractivity contribution in [2.75, 3.05) is 23.9 Å². The van der Waals surface area contributed by atoms with Gasteiger partial charge in [0.2, 0.25) is 5.91 Å². The zero-order valence-electron chi connectivity index (χ0n) is 15.3. The van der Waals surface area contributed by atoms with Gasteiger partial charge in [0.25, 0.3) is 0 Å². The van der Waals surface area contributed by atoms with Gasteiger partial charge < -0.3 is 25.2 Å². The lowest BCUT2D eigenvalue weighted by molar-refractivity contribution is -0.115. The summed E-state index contributed by atoms with van der Waals surface area (Å²) in [5.74, 6) is -0.891. The largest absolute Gasteiger partial charge is 0.508 e. The number of aromatic nitrogens is 2. The van der Waals surface area contributed by atoms with Crippen LogP contribution in [0.25, 0.3) is 11.4 Å². The molecule has 0 saturated heterocycles. The highest BCUT2D eigenvalue weighted by molar-refractivity contribution is 6.08. The summed E-state index contributed by atoms with van der Waals surface area (Å²) in [6.07, 6.45) is 0. The van der Waals surface area contributed by atoms with Crippen LogP contribution in [0.1, 0.15) is 10.5 Å². The second kappa shape index (κ2) is 7.12. The summed E-state index contributed by atoms with van der Waals surface area (Å²) in [5, 5.41) is 22.0. The third kappa shape index (κ3) is 3.29. The van der Waals surface area contributed by atoms with Crippen LogP contribution in [-0.2, 0) is 4.79 Å². The number of aromatic carboxylic acids is 1. The fourth-order valence-electron chi connectivity index (χ4n) is 3.14. The Kier molecular flexibility index (Phi) is 4.47. The van der Waals surface area contributed by atoms with E-state index in [-0.39, 0.29) is 35.3 Å². The van der Waals surface area contributed by atoms with Crippen LogP contribution >= 0.6 is 0 Å². The number of nitrogens with one attached hydrogen (secondary N) is 1. The number of ether oxygens (including phenoxy) is 1. The van der Waals surface area contributed by atoms with Crippen LogP contribution in [0.2, 0.25) is 0 Å². The van der Waals surface area contributed by atoms with Crippen molar-refractivity contribution in [3.8, 4) is 22.9 Å². The second-order valence-electron chi connectivity index (χ2n) is 6.26. The first-order valence-electron chi connectivity index (χ1n) is 8.63. The smallest absolute Gasteiger partial charge is 0.356 e. The summed E-state index contributed by atoms with van der Waals surface area (Å²) in [4.78, 5) is 34.4. The van der Waals surface area contributed by atoms with Gasteiger partial charge in [-0.2, -0.15) is 0 Å². The van der Waals surface area contributed by atoms with E-state index in [1.807, 2.05) is 0 Å². The minimum atomic E-state index is -1.31. The van der Waals surface area contributed by atoms with Gasteiger partial charge in [-0.25, -0.2) is 14.8 Å². The van der Waals surface area contributed by atoms with E-state index in [1.165, 1.54) is 19.2 Å². The number of carboxylic acid groups (broad SMARTS) is 1. The number of hydrogen-bond acceptors (Lipinski definition) is 7. The zero-order valence-corrected chi connectivity index (χ0v) is 15.3. The van der Waals surface area contributed by atoms with Gasteiger partial charge in [0.15, 0.2) is 17.3 Å². The van der Waals surface area contributed by atoms with Crippen molar-refractivity contribution in [2.24, 2.45) is 0 Å². The summed E-state index contributed by atoms with van der Waals surface area (Å²) in [7, 11) is 1.50. The summed E-state index contributed by atoms with van der Waals surface area (Å²) < 4.78 is 5.39. The molecule has 3 aromatic rings. The molecular weight excluding hydrogens is 376 g/mol. The number of phenols is 1. The third-order valence-electron chi connectivity index (χ3n) is 4.39. The number of phenolic OH excluding ortho intramolecular Hbond substituents is 1. The van der Waals surface area contributed by atoms with Gasteiger partial charge in [-0.15, -0.1) is 0 Å². The fraction of sp³-hybridized carbons (Fsp3) is 0.100. The maximum atomic E-state index is 12.3. The Balaban J connectivity index is 1.97. The molecule has 29 heavy (non-hydrogen) atoms. The minimum Gasteiger partial charge on any atom is -0.508 e. The number of carbonyl (C=O) groups is 2. The molecule has 1 amide bonds. The number of benzene rings is 2. The molecule has 4 rings (SSSR count). The number of fused-ring (bicyclic) bond motifs is 1. The Morgan fingerprint density at radius 1 is 1.17 bits per heavy atom. The summed E-state index contributed by atoms with van der Waals surface area (Å²) >= 11 is 0. The van der Waals surface area contributed by atoms with Crippen LogP contribution in [0.5, 0.6) is 11.5 Å². The highest BCUT2D eigenvalue weighted by Gasteiger charge is 2.32. The van der Waals surface area contributed by atoms with E-state index in [0.717, 1.165) is 0 Å². The van der Waals surface area contributed by atoms with Gasteiger partial charge in [-0.1, -0.05) is 24.3 Å². The van der Waals surface area contributed by atoms with E-state index in [4.69, 9.17) is 4.74 Å². The van der Waals surface area contributed by atoms with E-state index in [2.05, 4.69) is 15.3 Å². The van der Waals surface area contributed by atoms with Gasteiger partial charge in [0.1, 0.15) is 23.7 Å². The molecule has 0 fully saturated rings. The van der Waals surface area contributed by atoms with Crippen LogP contribution in [-0.4, -0.2) is 45.7 Å². The number of carbonyl (C=O) groups excluding carboxylic acids is 1. The lowest BCUT2D eigenvalue weighted by atomic mass is 10.1. The standard InChI is InChI=1S/C20H16N4O5/c1-29-14-8-3-2-7-13(14)24-10-15(26)21-16-17(20(27)28)22-18(23-19(16)24)11-5-4-6-12(25)9-11/h2-9,25H,10H2,1H3,(H,21,26)(H,27,28). The maximum absolute atomic E-state index is 12.3. The van der Waals surface area contributed by atoms with Crippen molar-refractivity contribution in [3.63, 3.8) is 0 Å². The highest BCUT2D eigenvalue weighted by atomic mass is 16.5. The number of anilines is 3. The molecule has 0 saturated carbocycles. The van der Waals surface area contributed by atoms with Gasteiger partial charge in [0.05, 0.1) is 12.8 Å². The molecule has 0 atom stereocenters. The molecule has 146 valence electrons. The van der Waals surface area contributed by atoms with Crippen molar-refractivity contribution < 1.29 is 24.5 Å². The van der Waals surface area contributed by atoms with Crippen LogP contribution in [0.15, 0.2) is 48.5 Å². The van der Waals surface area contributed by atoms with E-state index in [1.54, 1.807) is 41.3 Å². The first-order valence-corrected chi connectivity index (χ1v) is 8.63. The molecule has 3 N–H and O–H groups in total. The number of methoxy groups -OCH3 is 1. The topological polar surface area (TPSA) is 125 Å². The summed E-state index contributed by atoms with van der Waals surface area (Å²) in [6, 6.07) is 13.2. The molecule has 0 spiro atoms. The van der Waals surface area contributed by atoms with Crippen molar-refractivity contribution in [1.82, 2.24) is 9.97 Å². The van der Waals surface area contributed by atoms with Gasteiger partial charge in [-0.3, -0.25) is 4.79 Å². The van der Waals surface area contributed by atoms with E-state index < -0.39 is 11.9 Å². The Hall–Kier alpha value is -4.14. The average Bonchev–Trinajstić information content (AvgIpc) is 2.72. The molecule has 1 aromatic heterocycles. The van der Waals surface area contributed by atoms with Crippen molar-refractivity contribution in [1.29, 1.82) is 0 Å². The van der Waals surface area contributed by atoms with Crippen LogP contribution in [0.3, 0.4) is 0 Å². The molecule has 2 aromatic carbocycles. The fourth-order valence-corrected chi connectivity index (χ4v) is 3.14. The van der Waals surface area contributed by atoms with E-state index in [9.17, 15) is 19.8 Å². The van der Waals surface area contributed by atoms with E-state index in [0.29, 0.717) is 17.0 Å². The highest BCUT2D eigenvalue weighted by Crippen LogP contribution is 2.40. The first kappa shape index (κ1) is 18.2. The van der Waals surface area contributed by atoms with Crippen molar-refractivity contribution in [3.05, 3.63) is 54.2 Å². The Bertz CT molecular complexity index is 1130. The monoisotopic (exact) mass is 392 g/mol. The predicted octanol–water partition coefficient (Wildman–Crippen LogP) is 2.65. The molecule has 9 nitrogen and oxygen atoms in total. The molecule has 1 aliphatic rings. The summed E-state index contributed by atoms with van der Waals surface area (Å²) in [6.45, 7) is -0.0804. The lowest BCUT2D eigenvalue weighted by Crippen LogP contribution is -2.37. The van der Waals surface area contributed by atoms with Gasteiger partial charge in [-0.05, 0) is 24.3 Å². The molecule has 1 aliphatic heterocycles. The number of amides is 1. The molecule has 0 bridgehead atoms. The molecular formula is C20H16N4O5. The third-order valence-corrected chi connectivity index (χ3v) is 4.39. The van der Waals surface area contributed by atoms with Crippen LogP contribution in [0, 0.1) is 0 Å². The Morgan fingerprint density at radius 3 is 2.69 bits per heavy atom.